The molecule has 1 N–H and O–H groups in total. The van der Waals surface area contributed by atoms with E-state index in [1.165, 1.54) is 0 Å². The number of alkyl halides is 6. The molecule has 0 bridgehead atoms. The van der Waals surface area contributed by atoms with E-state index in [2.05, 4.69) is 5.10 Å². The van der Waals surface area contributed by atoms with Crippen LogP contribution in [0.25, 0.3) is 11.3 Å². The lowest BCUT2D eigenvalue weighted by atomic mass is 10.1. The molecule has 0 atom stereocenters. The zero-order valence-corrected chi connectivity index (χ0v) is 9.10. The molecule has 2 rings (SSSR count). The van der Waals surface area contributed by atoms with Crippen molar-refractivity contribution in [2.75, 3.05) is 0 Å². The minimum Gasteiger partial charge on any atom is -0.273 e. The van der Waals surface area contributed by atoms with E-state index in [-0.39, 0.29) is 11.3 Å². The van der Waals surface area contributed by atoms with Gasteiger partial charge in [-0.2, -0.15) is 31.4 Å². The normalized spacial score (nSPS) is 12.7. The topological polar surface area (TPSA) is 28.7 Å². The molecule has 0 unspecified atom stereocenters. The van der Waals surface area contributed by atoms with Gasteiger partial charge in [0.1, 0.15) is 5.69 Å². The lowest BCUT2D eigenvalue weighted by Crippen LogP contribution is -2.04. The first kappa shape index (κ1) is 13.4. The summed E-state index contributed by atoms with van der Waals surface area (Å²) in [6, 6.07) is 4.45. The van der Waals surface area contributed by atoms with Crippen molar-refractivity contribution in [2.24, 2.45) is 0 Å². The minimum atomic E-state index is -4.57. The quantitative estimate of drug-likeness (QED) is 0.782. The van der Waals surface area contributed by atoms with Crippen LogP contribution in [0.2, 0.25) is 0 Å². The van der Waals surface area contributed by atoms with Crippen LogP contribution >= 0.6 is 0 Å². The van der Waals surface area contributed by atoms with Crippen molar-refractivity contribution < 1.29 is 26.3 Å². The predicted molar refractivity (Wildman–Crippen MR) is 54.0 cm³/mol. The molecule has 0 saturated carbocycles. The molecule has 0 saturated heterocycles. The van der Waals surface area contributed by atoms with Crippen molar-refractivity contribution in [3.05, 3.63) is 41.6 Å². The highest BCUT2D eigenvalue weighted by Crippen LogP contribution is 2.32. The fourth-order valence-electron chi connectivity index (χ4n) is 1.44. The van der Waals surface area contributed by atoms with E-state index >= 15 is 0 Å². The molecule has 0 radical (unpaired) electrons. The van der Waals surface area contributed by atoms with Gasteiger partial charge in [-0.15, -0.1) is 0 Å². The smallest absolute Gasteiger partial charge is 0.273 e. The molecule has 0 fully saturated rings. The molecule has 8 heteroatoms. The van der Waals surface area contributed by atoms with Gasteiger partial charge in [0, 0.05) is 5.56 Å². The van der Waals surface area contributed by atoms with Crippen LogP contribution < -0.4 is 0 Å². The fraction of sp³-hybridized carbons (Fsp3) is 0.182. The molecule has 0 spiro atoms. The highest BCUT2D eigenvalue weighted by Gasteiger charge is 2.33. The zero-order chi connectivity index (χ0) is 14.3. The fourth-order valence-corrected chi connectivity index (χ4v) is 1.44. The molecule has 102 valence electrons. The van der Waals surface area contributed by atoms with Crippen molar-refractivity contribution in [1.29, 1.82) is 0 Å². The van der Waals surface area contributed by atoms with Gasteiger partial charge in [0.25, 0.3) is 0 Å². The lowest BCUT2D eigenvalue weighted by Gasteiger charge is -2.06. The van der Waals surface area contributed by atoms with Gasteiger partial charge in [0.15, 0.2) is 0 Å². The second-order valence-electron chi connectivity index (χ2n) is 3.74. The first-order chi connectivity index (χ1) is 8.68. The van der Waals surface area contributed by atoms with Crippen LogP contribution in [0, 0.1) is 0 Å². The van der Waals surface area contributed by atoms with Crippen molar-refractivity contribution in [1.82, 2.24) is 10.2 Å². The summed E-state index contributed by atoms with van der Waals surface area (Å²) in [5.41, 5.74) is -1.83. The maximum atomic E-state index is 12.3. The largest absolute Gasteiger partial charge is 0.432 e. The Morgan fingerprint density at radius 3 is 1.84 bits per heavy atom. The predicted octanol–water partition coefficient (Wildman–Crippen LogP) is 4.11. The monoisotopic (exact) mass is 280 g/mol. The summed E-state index contributed by atoms with van der Waals surface area (Å²) in [4.78, 5) is 0. The zero-order valence-electron chi connectivity index (χ0n) is 9.10. The van der Waals surface area contributed by atoms with Crippen molar-refractivity contribution in [2.45, 2.75) is 12.4 Å². The van der Waals surface area contributed by atoms with Gasteiger partial charge in [-0.25, -0.2) is 0 Å². The third kappa shape index (κ3) is 2.88. The lowest BCUT2D eigenvalue weighted by molar-refractivity contribution is -0.141. The first-order valence-corrected chi connectivity index (χ1v) is 4.98. The molecule has 1 aromatic carbocycles. The molecule has 19 heavy (non-hydrogen) atoms. The average molecular weight is 280 g/mol. The molecule has 1 heterocycles. The van der Waals surface area contributed by atoms with Gasteiger partial charge < -0.3 is 0 Å². The number of rotatable bonds is 1. The van der Waals surface area contributed by atoms with Gasteiger partial charge in [-0.3, -0.25) is 5.10 Å². The van der Waals surface area contributed by atoms with Crippen molar-refractivity contribution in [3.8, 4) is 11.3 Å². The number of benzene rings is 1. The highest BCUT2D eigenvalue weighted by molar-refractivity contribution is 5.59. The molecule has 1 aromatic heterocycles. The Bertz CT molecular complexity index is 564. The van der Waals surface area contributed by atoms with E-state index in [0.717, 1.165) is 30.3 Å². The summed E-state index contributed by atoms with van der Waals surface area (Å²) in [7, 11) is 0. The number of nitrogens with one attached hydrogen (secondary N) is 1. The Labute approximate surface area is 103 Å². The molecule has 2 nitrogen and oxygen atoms in total. The number of aromatic amines is 1. The van der Waals surface area contributed by atoms with Gasteiger partial charge >= 0.3 is 12.4 Å². The number of hydrogen-bond donors (Lipinski definition) is 1. The van der Waals surface area contributed by atoms with Crippen LogP contribution in [-0.2, 0) is 12.4 Å². The number of aromatic nitrogens is 2. The Kier molecular flexibility index (Phi) is 3.03. The van der Waals surface area contributed by atoms with E-state index in [0.29, 0.717) is 0 Å². The Morgan fingerprint density at radius 1 is 0.842 bits per heavy atom. The Morgan fingerprint density at radius 2 is 1.42 bits per heavy atom. The van der Waals surface area contributed by atoms with E-state index in [4.69, 9.17) is 0 Å². The minimum absolute atomic E-state index is 0.0685. The molecular formula is C11H6F6N2. The van der Waals surface area contributed by atoms with Crippen LogP contribution in [0.15, 0.2) is 30.3 Å². The molecule has 0 aliphatic rings. The van der Waals surface area contributed by atoms with Gasteiger partial charge in [-0.05, 0) is 18.2 Å². The summed E-state index contributed by atoms with van der Waals surface area (Å²) in [5.74, 6) is 0. The molecule has 2 aromatic rings. The van der Waals surface area contributed by atoms with E-state index in [1.54, 1.807) is 5.10 Å². The summed E-state index contributed by atoms with van der Waals surface area (Å²) in [6.07, 6.45) is -9.06. The second kappa shape index (κ2) is 4.29. The summed E-state index contributed by atoms with van der Waals surface area (Å²) in [6.45, 7) is 0. The number of hydrogen-bond acceptors (Lipinski definition) is 1. The number of H-pyrrole nitrogens is 1. The summed E-state index contributed by atoms with van der Waals surface area (Å²) in [5, 5.41) is 5.21. The van der Waals surface area contributed by atoms with Crippen molar-refractivity contribution >= 4 is 0 Å². The maximum absolute atomic E-state index is 12.3. The molecule has 0 aliphatic carbocycles. The van der Waals surface area contributed by atoms with Crippen LogP contribution in [-0.4, -0.2) is 10.2 Å². The van der Waals surface area contributed by atoms with E-state index in [1.807, 2.05) is 0 Å². The standard InChI is InChI=1S/C11H6F6N2/c12-10(13,14)7-3-1-6(2-4-7)8-5-9(19-18-8)11(15,16)17/h1-5H,(H,18,19). The molecule has 0 aliphatic heterocycles. The average Bonchev–Trinajstić information content (AvgIpc) is 2.77. The van der Waals surface area contributed by atoms with Crippen LogP contribution in [0.1, 0.15) is 11.3 Å². The Balaban J connectivity index is 2.31. The summed E-state index contributed by atoms with van der Waals surface area (Å²) >= 11 is 0. The van der Waals surface area contributed by atoms with Gasteiger partial charge in [0.05, 0.1) is 11.3 Å². The number of halogens is 6. The van der Waals surface area contributed by atoms with Crippen molar-refractivity contribution in [3.63, 3.8) is 0 Å². The van der Waals surface area contributed by atoms with Gasteiger partial charge in [-0.1, -0.05) is 12.1 Å². The highest BCUT2D eigenvalue weighted by atomic mass is 19.4. The van der Waals surface area contributed by atoms with Crippen LogP contribution in [0.4, 0.5) is 26.3 Å². The second-order valence-corrected chi connectivity index (χ2v) is 3.74. The number of nitrogens with zero attached hydrogens (tertiary/aromatic N) is 1. The van der Waals surface area contributed by atoms with Gasteiger partial charge in [0.2, 0.25) is 0 Å². The van der Waals surface area contributed by atoms with Crippen LogP contribution in [0.3, 0.4) is 0 Å². The molecule has 0 amide bonds. The van der Waals surface area contributed by atoms with Crippen LogP contribution in [0.5, 0.6) is 0 Å². The summed E-state index contributed by atoms with van der Waals surface area (Å²) < 4.78 is 73.9. The third-order valence-corrected chi connectivity index (χ3v) is 2.39. The van der Waals surface area contributed by atoms with E-state index < -0.39 is 23.6 Å². The van der Waals surface area contributed by atoms with E-state index in [9.17, 15) is 26.3 Å². The first-order valence-electron chi connectivity index (χ1n) is 4.98. The maximum Gasteiger partial charge on any atom is 0.432 e. The SMILES string of the molecule is FC(F)(F)c1ccc(-c2cc(C(F)(F)F)[nH]n2)cc1. The Hall–Kier alpha value is -1.99. The third-order valence-electron chi connectivity index (χ3n) is 2.39. The molecular weight excluding hydrogens is 274 g/mol.